The van der Waals surface area contributed by atoms with E-state index in [1.807, 2.05) is 0 Å². The lowest BCUT2D eigenvalue weighted by Crippen LogP contribution is -2.43. The molecule has 7 nitrogen and oxygen atoms in total. The molecule has 20 heavy (non-hydrogen) atoms. The topological polar surface area (TPSA) is 93.6 Å². The molecule has 2 N–H and O–H groups in total. The highest BCUT2D eigenvalue weighted by atomic mass is 16.5. The maximum absolute atomic E-state index is 12.0. The largest absolute Gasteiger partial charge is 0.467 e. The summed E-state index contributed by atoms with van der Waals surface area (Å²) in [5.41, 5.74) is 0.0762. The van der Waals surface area contributed by atoms with Crippen LogP contribution < -0.4 is 10.1 Å². The number of ether oxygens (including phenoxy) is 2. The summed E-state index contributed by atoms with van der Waals surface area (Å²) in [6, 6.07) is 0.220. The van der Waals surface area contributed by atoms with E-state index in [2.05, 4.69) is 15.3 Å². The first kappa shape index (κ1) is 14.7. The Hall–Kier alpha value is -1.73. The molecule has 0 radical (unpaired) electrons. The van der Waals surface area contributed by atoms with Gasteiger partial charge in [0, 0.05) is 37.6 Å². The Labute approximate surface area is 117 Å². The van der Waals surface area contributed by atoms with E-state index in [1.165, 1.54) is 19.5 Å². The van der Waals surface area contributed by atoms with Crippen molar-refractivity contribution in [2.24, 2.45) is 5.41 Å². The van der Waals surface area contributed by atoms with Crippen LogP contribution >= 0.6 is 0 Å². The summed E-state index contributed by atoms with van der Waals surface area (Å²) in [4.78, 5) is 19.8. The fourth-order valence-electron chi connectivity index (χ4n) is 2.10. The van der Waals surface area contributed by atoms with Crippen LogP contribution in [0.1, 0.15) is 23.2 Å². The molecule has 0 unspecified atom stereocenters. The van der Waals surface area contributed by atoms with Crippen molar-refractivity contribution in [1.82, 2.24) is 15.3 Å². The lowest BCUT2D eigenvalue weighted by atomic mass is 9.81. The number of aliphatic hydroxyl groups excluding tert-OH is 1. The Kier molecular flexibility index (Phi) is 4.86. The molecule has 0 saturated carbocycles. The van der Waals surface area contributed by atoms with Crippen molar-refractivity contribution in [2.45, 2.75) is 12.8 Å². The molecule has 0 atom stereocenters. The number of carbonyl (C=O) groups excluding carboxylic acids is 1. The molecule has 7 heteroatoms. The summed E-state index contributed by atoms with van der Waals surface area (Å²) in [6.07, 6.45) is 4.30. The average molecular weight is 281 g/mol. The predicted molar refractivity (Wildman–Crippen MR) is 70.5 cm³/mol. The van der Waals surface area contributed by atoms with Gasteiger partial charge in [0.05, 0.1) is 19.3 Å². The van der Waals surface area contributed by atoms with Gasteiger partial charge in [-0.3, -0.25) is 4.79 Å². The van der Waals surface area contributed by atoms with Gasteiger partial charge in [-0.05, 0) is 12.8 Å². The van der Waals surface area contributed by atoms with Gasteiger partial charge in [0.1, 0.15) is 0 Å². The van der Waals surface area contributed by atoms with Gasteiger partial charge < -0.3 is 19.9 Å². The molecule has 0 aromatic carbocycles. The molecule has 2 rings (SSSR count). The molecule has 0 aliphatic carbocycles. The minimum Gasteiger partial charge on any atom is -0.467 e. The monoisotopic (exact) mass is 281 g/mol. The van der Waals surface area contributed by atoms with Crippen molar-refractivity contribution in [1.29, 1.82) is 0 Å². The van der Waals surface area contributed by atoms with E-state index in [-0.39, 0.29) is 23.9 Å². The van der Waals surface area contributed by atoms with Gasteiger partial charge in [-0.1, -0.05) is 0 Å². The second kappa shape index (κ2) is 6.62. The minimum atomic E-state index is -0.290. The Morgan fingerprint density at radius 2 is 2.10 bits per heavy atom. The molecule has 1 aliphatic heterocycles. The van der Waals surface area contributed by atoms with Crippen molar-refractivity contribution in [3.05, 3.63) is 18.0 Å². The van der Waals surface area contributed by atoms with Gasteiger partial charge in [0.25, 0.3) is 5.91 Å². The summed E-state index contributed by atoms with van der Waals surface area (Å²) in [7, 11) is 1.46. The average Bonchev–Trinajstić information content (AvgIpc) is 2.53. The maximum atomic E-state index is 12.0. The smallest absolute Gasteiger partial charge is 0.316 e. The molecule has 110 valence electrons. The number of hydrogen-bond donors (Lipinski definition) is 2. The second-order valence-corrected chi connectivity index (χ2v) is 4.91. The van der Waals surface area contributed by atoms with Crippen molar-refractivity contribution in [3.8, 4) is 6.01 Å². The normalized spacial score (nSPS) is 17.5. The summed E-state index contributed by atoms with van der Waals surface area (Å²) in [5.74, 6) is -0.257. The molecule has 0 bridgehead atoms. The number of aromatic nitrogens is 2. The Bertz CT molecular complexity index is 443. The Balaban J connectivity index is 1.93. The van der Waals surface area contributed by atoms with Crippen LogP contribution in [0.3, 0.4) is 0 Å². The number of aliphatic hydroxyl groups is 1. The van der Waals surface area contributed by atoms with Crippen LogP contribution in [0.5, 0.6) is 6.01 Å². The van der Waals surface area contributed by atoms with Gasteiger partial charge in [-0.25, -0.2) is 9.97 Å². The van der Waals surface area contributed by atoms with E-state index in [9.17, 15) is 9.90 Å². The van der Waals surface area contributed by atoms with E-state index in [4.69, 9.17) is 9.47 Å². The first-order valence-electron chi connectivity index (χ1n) is 6.52. The molecule has 1 amide bonds. The first-order valence-corrected chi connectivity index (χ1v) is 6.52. The molecular formula is C13H19N3O4. The van der Waals surface area contributed by atoms with Crippen molar-refractivity contribution < 1.29 is 19.4 Å². The maximum Gasteiger partial charge on any atom is 0.316 e. The van der Waals surface area contributed by atoms with E-state index in [0.717, 1.165) is 12.8 Å². The van der Waals surface area contributed by atoms with Gasteiger partial charge in [0.2, 0.25) is 0 Å². The van der Waals surface area contributed by atoms with Crippen LogP contribution in [0.15, 0.2) is 12.4 Å². The Morgan fingerprint density at radius 3 is 2.65 bits per heavy atom. The third-order valence-electron chi connectivity index (χ3n) is 3.59. The summed E-state index contributed by atoms with van der Waals surface area (Å²) >= 11 is 0. The molecular weight excluding hydrogens is 262 g/mol. The van der Waals surface area contributed by atoms with Crippen molar-refractivity contribution in [3.63, 3.8) is 0 Å². The molecule has 0 spiro atoms. The fourth-order valence-corrected chi connectivity index (χ4v) is 2.10. The zero-order valence-corrected chi connectivity index (χ0v) is 11.5. The van der Waals surface area contributed by atoms with E-state index in [1.54, 1.807) is 0 Å². The third kappa shape index (κ3) is 3.43. The third-order valence-corrected chi connectivity index (χ3v) is 3.59. The quantitative estimate of drug-likeness (QED) is 0.789. The molecule has 1 fully saturated rings. The Morgan fingerprint density at radius 1 is 1.45 bits per heavy atom. The van der Waals surface area contributed by atoms with Crippen LogP contribution in [-0.4, -0.2) is 54.5 Å². The van der Waals surface area contributed by atoms with Crippen LogP contribution in [0, 0.1) is 5.41 Å². The van der Waals surface area contributed by atoms with Crippen molar-refractivity contribution in [2.75, 3.05) is 33.5 Å². The molecule has 2 heterocycles. The first-order chi connectivity index (χ1) is 9.69. The lowest BCUT2D eigenvalue weighted by molar-refractivity contribution is -0.0146. The highest BCUT2D eigenvalue weighted by molar-refractivity contribution is 5.93. The molecule has 1 aromatic heterocycles. The van der Waals surface area contributed by atoms with Crippen LogP contribution in [0.25, 0.3) is 0 Å². The SMILES string of the molecule is COc1ncc(C(=O)NCC2(CO)CCOCC2)cn1. The van der Waals surface area contributed by atoms with E-state index >= 15 is 0 Å². The van der Waals surface area contributed by atoms with Gasteiger partial charge in [-0.15, -0.1) is 0 Å². The lowest BCUT2D eigenvalue weighted by Gasteiger charge is -2.35. The second-order valence-electron chi connectivity index (χ2n) is 4.91. The summed E-state index contributed by atoms with van der Waals surface area (Å²) in [5, 5.41) is 12.4. The van der Waals surface area contributed by atoms with Gasteiger partial charge in [0.15, 0.2) is 0 Å². The minimum absolute atomic E-state index is 0.0375. The van der Waals surface area contributed by atoms with Crippen LogP contribution in [0.4, 0.5) is 0 Å². The number of hydrogen-bond acceptors (Lipinski definition) is 6. The number of nitrogens with zero attached hydrogens (tertiary/aromatic N) is 2. The van der Waals surface area contributed by atoms with Crippen LogP contribution in [-0.2, 0) is 4.74 Å². The molecule has 1 aromatic rings. The van der Waals surface area contributed by atoms with Gasteiger partial charge >= 0.3 is 6.01 Å². The highest BCUT2D eigenvalue weighted by Crippen LogP contribution is 2.29. The summed E-state index contributed by atoms with van der Waals surface area (Å²) < 4.78 is 10.1. The predicted octanol–water partition coefficient (Wildman–Crippen LogP) is 0.00410. The number of methoxy groups -OCH3 is 1. The fraction of sp³-hybridized carbons (Fsp3) is 0.615. The number of amides is 1. The molecule has 1 aliphatic rings. The summed E-state index contributed by atoms with van der Waals surface area (Å²) in [6.45, 7) is 1.68. The highest BCUT2D eigenvalue weighted by Gasteiger charge is 2.32. The van der Waals surface area contributed by atoms with Crippen LogP contribution in [0.2, 0.25) is 0 Å². The number of rotatable bonds is 5. The zero-order chi connectivity index (χ0) is 14.4. The molecule has 1 saturated heterocycles. The zero-order valence-electron chi connectivity index (χ0n) is 11.5. The van der Waals surface area contributed by atoms with E-state index in [0.29, 0.717) is 25.3 Å². The van der Waals surface area contributed by atoms with E-state index < -0.39 is 0 Å². The number of nitrogens with one attached hydrogen (secondary N) is 1. The standard InChI is InChI=1S/C13H19N3O4/c1-19-12-14-6-10(7-15-12)11(18)16-8-13(9-17)2-4-20-5-3-13/h6-7,17H,2-5,8-9H2,1H3,(H,16,18). The van der Waals surface area contributed by atoms with Crippen molar-refractivity contribution >= 4 is 5.91 Å². The number of carbonyl (C=O) groups is 1. The van der Waals surface area contributed by atoms with Gasteiger partial charge in [-0.2, -0.15) is 0 Å².